The molecule has 0 rings (SSSR count). The van der Waals surface area contributed by atoms with Gasteiger partial charge >= 0.3 is 12.1 Å². The van der Waals surface area contributed by atoms with Crippen LogP contribution in [0.5, 0.6) is 0 Å². The highest BCUT2D eigenvalue weighted by Crippen LogP contribution is 2.12. The molecule has 0 heterocycles. The van der Waals surface area contributed by atoms with Gasteiger partial charge in [-0.3, -0.25) is 0 Å². The summed E-state index contributed by atoms with van der Waals surface area (Å²) in [4.78, 5) is 22.6. The van der Waals surface area contributed by atoms with Crippen LogP contribution in [0.3, 0.4) is 0 Å². The molecule has 0 aromatic carbocycles. The Hall–Kier alpha value is -1.52. The number of amides is 1. The van der Waals surface area contributed by atoms with Gasteiger partial charge in [0.25, 0.3) is 0 Å². The molecule has 0 radical (unpaired) electrons. The van der Waals surface area contributed by atoms with Crippen molar-refractivity contribution >= 4 is 12.1 Å². The molecule has 0 atom stereocenters. The van der Waals surface area contributed by atoms with Crippen LogP contribution in [-0.2, 0) is 14.3 Å². The zero-order valence-corrected chi connectivity index (χ0v) is 17.7. The second-order valence-electron chi connectivity index (χ2n) is 7.22. The molecule has 158 valence electrons. The quantitative estimate of drug-likeness (QED) is 0.181. The van der Waals surface area contributed by atoms with Gasteiger partial charge in [0, 0.05) is 12.1 Å². The zero-order valence-electron chi connectivity index (χ0n) is 17.7. The molecule has 0 aliphatic carbocycles. The molecule has 0 fully saturated rings. The molecule has 0 saturated carbocycles. The van der Waals surface area contributed by atoms with Crippen molar-refractivity contribution in [1.82, 2.24) is 5.32 Å². The van der Waals surface area contributed by atoms with Gasteiger partial charge in [-0.2, -0.15) is 0 Å². The largest absolute Gasteiger partial charge is 0.459 e. The minimum Gasteiger partial charge on any atom is -0.459 e. The van der Waals surface area contributed by atoms with E-state index in [9.17, 15) is 9.59 Å². The van der Waals surface area contributed by atoms with Crippen LogP contribution < -0.4 is 5.32 Å². The number of esters is 1. The Bertz CT molecular complexity index is 396. The number of hydrogen-bond donors (Lipinski definition) is 1. The van der Waals surface area contributed by atoms with Crippen LogP contribution in [0.25, 0.3) is 0 Å². The first kappa shape index (κ1) is 25.5. The van der Waals surface area contributed by atoms with Crippen LogP contribution in [-0.4, -0.2) is 31.8 Å². The first-order valence-electron chi connectivity index (χ1n) is 10.8. The Kier molecular flexibility index (Phi) is 18.2. The lowest BCUT2D eigenvalue weighted by Crippen LogP contribution is -2.26. The molecule has 5 nitrogen and oxygen atoms in total. The van der Waals surface area contributed by atoms with Gasteiger partial charge in [0.2, 0.25) is 0 Å². The summed E-state index contributed by atoms with van der Waals surface area (Å²) < 4.78 is 9.77. The third-order valence-corrected chi connectivity index (χ3v) is 4.45. The molecule has 0 aliphatic rings. The molecule has 0 saturated heterocycles. The average molecular weight is 384 g/mol. The summed E-state index contributed by atoms with van der Waals surface area (Å²) in [5, 5.41) is 2.71. The van der Waals surface area contributed by atoms with E-state index in [0.29, 0.717) is 12.1 Å². The minimum absolute atomic E-state index is 0.0534. The predicted octanol–water partition coefficient (Wildman–Crippen LogP) is 5.92. The fourth-order valence-corrected chi connectivity index (χ4v) is 2.78. The highest BCUT2D eigenvalue weighted by molar-refractivity contribution is 5.86. The van der Waals surface area contributed by atoms with Crippen molar-refractivity contribution in [2.24, 2.45) is 0 Å². The number of carbonyl (C=O) groups is 2. The zero-order chi connectivity index (χ0) is 20.2. The van der Waals surface area contributed by atoms with Crippen molar-refractivity contribution in [3.8, 4) is 0 Å². The van der Waals surface area contributed by atoms with Gasteiger partial charge in [0.1, 0.15) is 13.2 Å². The maximum Gasteiger partial charge on any atom is 0.407 e. The third kappa shape index (κ3) is 19.1. The van der Waals surface area contributed by atoms with Crippen LogP contribution in [0.2, 0.25) is 0 Å². The van der Waals surface area contributed by atoms with E-state index in [1.54, 1.807) is 6.92 Å². The number of hydrogen-bond acceptors (Lipinski definition) is 4. The molecule has 0 aliphatic heterocycles. The second-order valence-corrected chi connectivity index (χ2v) is 7.22. The van der Waals surface area contributed by atoms with Gasteiger partial charge in [-0.05, 0) is 13.3 Å². The Labute approximate surface area is 166 Å². The molecule has 0 aromatic heterocycles. The van der Waals surface area contributed by atoms with Gasteiger partial charge < -0.3 is 14.8 Å². The highest BCUT2D eigenvalue weighted by Gasteiger charge is 2.04. The van der Waals surface area contributed by atoms with E-state index < -0.39 is 12.1 Å². The van der Waals surface area contributed by atoms with Crippen molar-refractivity contribution < 1.29 is 19.1 Å². The topological polar surface area (TPSA) is 64.6 Å². The van der Waals surface area contributed by atoms with Crippen LogP contribution in [0.15, 0.2) is 12.2 Å². The van der Waals surface area contributed by atoms with Gasteiger partial charge in [0.05, 0.1) is 0 Å². The lowest BCUT2D eigenvalue weighted by atomic mass is 10.0. The number of unbranched alkanes of at least 4 members (excludes halogenated alkanes) is 12. The fraction of sp³-hybridized carbons (Fsp3) is 0.818. The first-order chi connectivity index (χ1) is 13.1. The summed E-state index contributed by atoms with van der Waals surface area (Å²) >= 11 is 0. The van der Waals surface area contributed by atoms with E-state index in [-0.39, 0.29) is 13.2 Å². The number of alkyl carbamates (subject to hydrolysis) is 1. The van der Waals surface area contributed by atoms with Crippen molar-refractivity contribution in [3.05, 3.63) is 12.2 Å². The summed E-state index contributed by atoms with van der Waals surface area (Å²) in [6, 6.07) is 0. The van der Waals surface area contributed by atoms with E-state index in [0.717, 1.165) is 12.8 Å². The van der Waals surface area contributed by atoms with E-state index >= 15 is 0 Å². The lowest BCUT2D eigenvalue weighted by molar-refractivity contribution is -0.139. The van der Waals surface area contributed by atoms with Crippen LogP contribution in [0.1, 0.15) is 97.3 Å². The molecule has 0 bridgehead atoms. The molecule has 27 heavy (non-hydrogen) atoms. The monoisotopic (exact) mass is 383 g/mol. The van der Waals surface area contributed by atoms with E-state index in [1.807, 2.05) is 0 Å². The van der Waals surface area contributed by atoms with E-state index in [1.165, 1.54) is 70.6 Å². The molecular formula is C22H41NO4. The van der Waals surface area contributed by atoms with Gasteiger partial charge in [-0.1, -0.05) is 90.6 Å². The Morgan fingerprint density at radius 3 is 1.67 bits per heavy atom. The first-order valence-corrected chi connectivity index (χ1v) is 10.8. The molecule has 5 heteroatoms. The molecular weight excluding hydrogens is 342 g/mol. The third-order valence-electron chi connectivity index (χ3n) is 4.45. The summed E-state index contributed by atoms with van der Waals surface area (Å²) in [5.74, 6) is -0.467. The standard InChI is InChI=1S/C22H41NO4/c1-4-5-6-7-8-9-10-11-12-13-14-15-16-17-23-22(25)27-19-18-26-21(24)20(2)3/h2,4-19H2,1,3H3,(H,23,25). The second kappa shape index (κ2) is 19.2. The van der Waals surface area contributed by atoms with Gasteiger partial charge in [-0.15, -0.1) is 0 Å². The smallest absolute Gasteiger partial charge is 0.407 e. The summed E-state index contributed by atoms with van der Waals surface area (Å²) in [5.41, 5.74) is 0.335. The van der Waals surface area contributed by atoms with Crippen LogP contribution in [0, 0.1) is 0 Å². The Balaban J connectivity index is 3.22. The number of carbonyl (C=O) groups excluding carboxylic acids is 2. The molecule has 0 aromatic rings. The summed E-state index contributed by atoms with van der Waals surface area (Å²) in [6.07, 6.45) is 16.5. The fourth-order valence-electron chi connectivity index (χ4n) is 2.78. The summed E-state index contributed by atoms with van der Waals surface area (Å²) in [7, 11) is 0. The molecule has 1 N–H and O–H groups in total. The Morgan fingerprint density at radius 2 is 1.19 bits per heavy atom. The van der Waals surface area contributed by atoms with Crippen LogP contribution >= 0.6 is 0 Å². The lowest BCUT2D eigenvalue weighted by Gasteiger charge is -2.08. The SMILES string of the molecule is C=C(C)C(=O)OCCOC(=O)NCCCCCCCCCCCCCCC. The Morgan fingerprint density at radius 1 is 0.741 bits per heavy atom. The van der Waals surface area contributed by atoms with Crippen LogP contribution in [0.4, 0.5) is 4.79 Å². The highest BCUT2D eigenvalue weighted by atomic mass is 16.6. The maximum absolute atomic E-state index is 11.4. The average Bonchev–Trinajstić information content (AvgIpc) is 2.65. The van der Waals surface area contributed by atoms with Crippen molar-refractivity contribution in [1.29, 1.82) is 0 Å². The number of ether oxygens (including phenoxy) is 2. The normalized spacial score (nSPS) is 10.4. The van der Waals surface area contributed by atoms with Gasteiger partial charge in [-0.25, -0.2) is 9.59 Å². The number of nitrogens with one attached hydrogen (secondary N) is 1. The molecule has 0 unspecified atom stereocenters. The van der Waals surface area contributed by atoms with Crippen molar-refractivity contribution in [2.75, 3.05) is 19.8 Å². The molecule has 1 amide bonds. The van der Waals surface area contributed by atoms with Crippen molar-refractivity contribution in [2.45, 2.75) is 97.3 Å². The predicted molar refractivity (Wildman–Crippen MR) is 111 cm³/mol. The van der Waals surface area contributed by atoms with Gasteiger partial charge in [0.15, 0.2) is 0 Å². The minimum atomic E-state index is -0.467. The van der Waals surface area contributed by atoms with E-state index in [2.05, 4.69) is 18.8 Å². The summed E-state index contributed by atoms with van der Waals surface area (Å²) in [6.45, 7) is 8.05. The molecule has 0 spiro atoms. The number of rotatable bonds is 18. The van der Waals surface area contributed by atoms with E-state index in [4.69, 9.17) is 9.47 Å². The van der Waals surface area contributed by atoms with Crippen molar-refractivity contribution in [3.63, 3.8) is 0 Å². The maximum atomic E-state index is 11.4.